The maximum Gasteiger partial charge on any atom is 2.00 e. The van der Waals surface area contributed by atoms with Gasteiger partial charge in [0.25, 0.3) is 0 Å². The van der Waals surface area contributed by atoms with Crippen LogP contribution in [0.3, 0.4) is 0 Å². The molecule has 2 aliphatic rings. The van der Waals surface area contributed by atoms with Gasteiger partial charge in [-0.2, -0.15) is 0 Å². The Bertz CT molecular complexity index is 4230. The molecule has 17 heteroatoms. The normalized spacial score (nSPS) is 11.4. The molecule has 0 saturated heterocycles. The monoisotopic (exact) mass is 1230 g/mol. The van der Waals surface area contributed by atoms with Crippen molar-refractivity contribution < 1.29 is 38.4 Å². The number of nitrogens with zero attached hydrogens (tertiary/aromatic N) is 12. The van der Waals surface area contributed by atoms with Crippen LogP contribution in [0.5, 0.6) is 46.0 Å². The zero-order valence-corrected chi connectivity index (χ0v) is 54.5. The summed E-state index contributed by atoms with van der Waals surface area (Å²) < 4.78 is 27.4. The molecule has 0 atom stereocenters. The smallest absolute Gasteiger partial charge is 0.457 e. The Morgan fingerprint density at radius 2 is 0.562 bits per heavy atom. The summed E-state index contributed by atoms with van der Waals surface area (Å²) in [4.78, 5) is 52.0. The van der Waals surface area contributed by atoms with Crippen LogP contribution in [0, 0.1) is 0 Å². The van der Waals surface area contributed by atoms with Crippen molar-refractivity contribution in [3.05, 3.63) is 170 Å². The standard InChI is InChI=1S/C72H68N12O4.Zn/c1-9-81(10-2)45-29-37-49(38-30-45)85-57-25-17-21-53-61(57)69-73-65(53)78-70-63-55(23-19-27-59(63)87-51-41-33-47(34-42-51)83(13-5)14-6)67(75-70)80-72-64-56(24-20-28-60(64)88-52-43-35-48(36-44-52)84(15-7)16-8)68(76-72)79-71-62-54(66(74-71)77-69)22-18-26-58(62)86-50-39-31-46(32-40-50)82(11-3)12-4;/h17-44H,9-16H2,1-8H3;/q-2;+2. The van der Waals surface area contributed by atoms with Crippen molar-refractivity contribution in [3.63, 3.8) is 0 Å². The van der Waals surface area contributed by atoms with E-state index in [1.165, 1.54) is 0 Å². The van der Waals surface area contributed by atoms with Crippen LogP contribution in [0.2, 0.25) is 0 Å². The van der Waals surface area contributed by atoms with Gasteiger partial charge in [-0.1, -0.05) is 48.5 Å². The Morgan fingerprint density at radius 1 is 0.292 bits per heavy atom. The molecule has 8 aromatic carbocycles. The molecule has 0 spiro atoms. The molecule has 8 bridgehead atoms. The average molecular weight is 1230 g/mol. The van der Waals surface area contributed by atoms with E-state index in [1.807, 2.05) is 121 Å². The Balaban J connectivity index is 0.00000769. The summed E-state index contributed by atoms with van der Waals surface area (Å²) in [7, 11) is 0. The third-order valence-corrected chi connectivity index (χ3v) is 16.4. The molecule has 442 valence electrons. The molecule has 0 fully saturated rings. The number of aromatic nitrogens is 8. The largest absolute Gasteiger partial charge is 2.00 e. The molecule has 13 rings (SSSR count). The van der Waals surface area contributed by atoms with E-state index in [0.717, 1.165) is 75.1 Å². The van der Waals surface area contributed by atoms with E-state index < -0.39 is 0 Å². The minimum absolute atomic E-state index is 0. The SMILES string of the molecule is CCN(CC)c1ccc(Oc2cccc3c2-c2nc-3nc3[n-]c(nc4nc(nc5[n-]c(n2)c2cccc(Oc6ccc(N(CC)CC)cc6)c52)-c2cccc(Oc5ccc(N(CC)CC)cc5)c2-4)c2cccc(Oc4ccc(N(CC)CC)cc4)c32)cc1.[Zn+2]. The van der Waals surface area contributed by atoms with E-state index in [2.05, 4.69) is 124 Å². The van der Waals surface area contributed by atoms with Gasteiger partial charge in [0, 0.05) is 120 Å². The summed E-state index contributed by atoms with van der Waals surface area (Å²) in [5.41, 5.74) is 8.40. The second-order valence-electron chi connectivity index (χ2n) is 21.3. The Morgan fingerprint density at radius 3 is 0.865 bits per heavy atom. The van der Waals surface area contributed by atoms with Gasteiger partial charge in [-0.15, -0.1) is 0 Å². The van der Waals surface area contributed by atoms with E-state index in [1.54, 1.807) is 0 Å². The molecule has 0 radical (unpaired) electrons. The molecule has 89 heavy (non-hydrogen) atoms. The molecule has 16 nitrogen and oxygen atoms in total. The van der Waals surface area contributed by atoms with Crippen LogP contribution < -0.4 is 48.5 Å². The first-order chi connectivity index (χ1) is 43.2. The van der Waals surface area contributed by atoms with E-state index >= 15 is 0 Å². The first kappa shape index (κ1) is 59.5. The van der Waals surface area contributed by atoms with Crippen molar-refractivity contribution in [2.24, 2.45) is 0 Å². The predicted octanol–water partition coefficient (Wildman–Crippen LogP) is 16.7. The molecule has 3 aromatic heterocycles. The van der Waals surface area contributed by atoms with Crippen molar-refractivity contribution in [2.75, 3.05) is 72.0 Å². The van der Waals surface area contributed by atoms with E-state index in [0.29, 0.717) is 136 Å². The van der Waals surface area contributed by atoms with Crippen LogP contribution in [0.1, 0.15) is 55.4 Å². The maximum atomic E-state index is 6.84. The molecule has 0 saturated carbocycles. The van der Waals surface area contributed by atoms with Crippen molar-refractivity contribution in [1.29, 1.82) is 0 Å². The van der Waals surface area contributed by atoms with E-state index in [4.69, 9.17) is 58.8 Å². The molecule has 0 amide bonds. The summed E-state index contributed by atoms with van der Waals surface area (Å²) in [5.74, 6) is 6.08. The van der Waals surface area contributed by atoms with Crippen molar-refractivity contribution in [2.45, 2.75) is 55.4 Å². The van der Waals surface area contributed by atoms with E-state index in [9.17, 15) is 0 Å². The first-order valence-corrected chi connectivity index (χ1v) is 30.6. The molecular formula is C72H68N12O4Zn. The number of rotatable bonds is 20. The van der Waals surface area contributed by atoms with Gasteiger partial charge in [-0.3, -0.25) is 0 Å². The maximum absolute atomic E-state index is 6.84. The van der Waals surface area contributed by atoms with Crippen LogP contribution in [-0.2, 0) is 19.5 Å². The summed E-state index contributed by atoms with van der Waals surface area (Å²) >= 11 is 0. The number of ether oxygens (including phenoxy) is 4. The van der Waals surface area contributed by atoms with Crippen LogP contribution in [0.4, 0.5) is 22.7 Å². The van der Waals surface area contributed by atoms with Crippen LogP contribution in [0.25, 0.3) is 89.7 Å². The van der Waals surface area contributed by atoms with Crippen LogP contribution in [-0.4, -0.2) is 82.3 Å². The predicted molar refractivity (Wildman–Crippen MR) is 354 cm³/mol. The number of benzene rings is 8. The molecule has 5 heterocycles. The first-order valence-electron chi connectivity index (χ1n) is 30.6. The number of hydrogen-bond acceptors (Lipinski definition) is 14. The van der Waals surface area contributed by atoms with Gasteiger partial charge in [0.1, 0.15) is 46.0 Å². The minimum atomic E-state index is 0. The molecular weight excluding hydrogens is 1160 g/mol. The third-order valence-electron chi connectivity index (χ3n) is 16.4. The second-order valence-corrected chi connectivity index (χ2v) is 21.3. The fourth-order valence-corrected chi connectivity index (χ4v) is 11.8. The van der Waals surface area contributed by atoms with Gasteiger partial charge in [0.15, 0.2) is 0 Å². The van der Waals surface area contributed by atoms with Crippen LogP contribution >= 0.6 is 0 Å². The number of hydrogen-bond donors (Lipinski definition) is 0. The van der Waals surface area contributed by atoms with Gasteiger partial charge >= 0.3 is 19.5 Å². The second kappa shape index (κ2) is 25.8. The molecule has 0 unspecified atom stereocenters. The Hall–Kier alpha value is -9.86. The average Bonchev–Trinajstić information content (AvgIpc) is 1.72. The van der Waals surface area contributed by atoms with Crippen molar-refractivity contribution in [1.82, 2.24) is 39.9 Å². The third kappa shape index (κ3) is 11.5. The summed E-state index contributed by atoms with van der Waals surface area (Å²) in [6, 6.07) is 55.9. The van der Waals surface area contributed by atoms with Gasteiger partial charge in [0.05, 0.1) is 34.4 Å². The number of anilines is 4. The topological polar surface area (TPSA) is 155 Å². The Labute approximate surface area is 531 Å². The van der Waals surface area contributed by atoms with Crippen LogP contribution in [0.15, 0.2) is 170 Å². The molecule has 2 aliphatic heterocycles. The fourth-order valence-electron chi connectivity index (χ4n) is 11.8. The van der Waals surface area contributed by atoms with Gasteiger partial charge < -0.3 is 68.5 Å². The Kier molecular flexibility index (Phi) is 17.3. The number of fused-ring (bicyclic) bond motifs is 20. The van der Waals surface area contributed by atoms with E-state index in [-0.39, 0.29) is 19.5 Å². The van der Waals surface area contributed by atoms with Crippen molar-refractivity contribution in [3.8, 4) is 91.5 Å². The minimum Gasteiger partial charge on any atom is -0.457 e. The summed E-state index contributed by atoms with van der Waals surface area (Å²) in [6.45, 7) is 24.3. The van der Waals surface area contributed by atoms with Gasteiger partial charge in [-0.05, 0) is 187 Å². The van der Waals surface area contributed by atoms with Gasteiger partial charge in [-0.25, -0.2) is 9.97 Å². The molecule has 11 aromatic rings. The fraction of sp³-hybridized carbons (Fsp3) is 0.222. The zero-order chi connectivity index (χ0) is 60.4. The molecule has 0 aliphatic carbocycles. The summed E-state index contributed by atoms with van der Waals surface area (Å²) in [6.07, 6.45) is 0. The zero-order valence-electron chi connectivity index (χ0n) is 51.5. The molecule has 0 N–H and O–H groups in total. The van der Waals surface area contributed by atoms with Gasteiger partial charge in [0.2, 0.25) is 0 Å². The summed E-state index contributed by atoms with van der Waals surface area (Å²) in [5, 5.41) is 2.61. The van der Waals surface area contributed by atoms with Crippen molar-refractivity contribution >= 4 is 66.9 Å². The quantitative estimate of drug-likeness (QED) is 0.0664.